The van der Waals surface area contributed by atoms with Crippen LogP contribution in [0.15, 0.2) is 48.5 Å². The molecular formula is C26H32N2O5. The van der Waals surface area contributed by atoms with E-state index in [0.29, 0.717) is 0 Å². The number of esters is 1. The van der Waals surface area contributed by atoms with Gasteiger partial charge < -0.3 is 20.1 Å². The number of hydrogen-bond donors (Lipinski definition) is 2. The van der Waals surface area contributed by atoms with E-state index in [4.69, 9.17) is 9.47 Å². The van der Waals surface area contributed by atoms with Crippen molar-refractivity contribution in [3.8, 4) is 11.1 Å². The topological polar surface area (TPSA) is 93.7 Å². The van der Waals surface area contributed by atoms with Gasteiger partial charge in [0.2, 0.25) is 5.91 Å². The van der Waals surface area contributed by atoms with Crippen molar-refractivity contribution >= 4 is 18.0 Å². The Kier molecular flexibility index (Phi) is 7.10. The average Bonchev–Trinajstić information content (AvgIpc) is 2.87. The number of alkyl carbamates (subject to hydrolysis) is 1. The maximum absolute atomic E-state index is 13.3. The van der Waals surface area contributed by atoms with Crippen LogP contribution in [-0.4, -0.2) is 41.8 Å². The molecule has 0 fully saturated rings. The standard InChI is InChI=1S/C26H32N2O5/c1-6-32-23(30)26(28-22(29)17(2)27-24(31)33-25(3,4)5)15-18-11-7-9-13-20(18)21-14-10-8-12-19(21)16-26/h7-14,17H,6,15-16H2,1-5H3,(H,27,31)(H,28,29)/t17-/m0/s1. The van der Waals surface area contributed by atoms with Gasteiger partial charge in [-0.05, 0) is 56.9 Å². The highest BCUT2D eigenvalue weighted by atomic mass is 16.6. The monoisotopic (exact) mass is 452 g/mol. The number of fused-ring (bicyclic) bond motifs is 3. The molecule has 2 amide bonds. The van der Waals surface area contributed by atoms with Crippen LogP contribution in [0.2, 0.25) is 0 Å². The molecule has 1 aliphatic carbocycles. The first kappa shape index (κ1) is 24.3. The molecular weight excluding hydrogens is 420 g/mol. The van der Waals surface area contributed by atoms with Crippen LogP contribution in [0, 0.1) is 0 Å². The van der Waals surface area contributed by atoms with Crippen LogP contribution >= 0.6 is 0 Å². The number of carbonyl (C=O) groups excluding carboxylic acids is 3. The normalized spacial score (nSPS) is 15.2. The summed E-state index contributed by atoms with van der Waals surface area (Å²) in [6, 6.07) is 14.8. The molecule has 2 aromatic rings. The van der Waals surface area contributed by atoms with E-state index in [2.05, 4.69) is 10.6 Å². The molecule has 3 rings (SSSR count). The minimum absolute atomic E-state index is 0.186. The zero-order chi connectivity index (χ0) is 24.2. The van der Waals surface area contributed by atoms with E-state index in [0.717, 1.165) is 22.3 Å². The molecule has 0 spiro atoms. The van der Waals surface area contributed by atoms with Crippen molar-refractivity contribution in [3.63, 3.8) is 0 Å². The fourth-order valence-corrected chi connectivity index (χ4v) is 4.03. The van der Waals surface area contributed by atoms with Gasteiger partial charge in [-0.1, -0.05) is 48.5 Å². The van der Waals surface area contributed by atoms with Crippen molar-refractivity contribution < 1.29 is 23.9 Å². The first-order valence-electron chi connectivity index (χ1n) is 11.2. The van der Waals surface area contributed by atoms with Crippen molar-refractivity contribution in [2.45, 2.75) is 64.6 Å². The third kappa shape index (κ3) is 5.72. The van der Waals surface area contributed by atoms with E-state index in [9.17, 15) is 14.4 Å². The van der Waals surface area contributed by atoms with Gasteiger partial charge in [0.25, 0.3) is 0 Å². The molecule has 33 heavy (non-hydrogen) atoms. The average molecular weight is 453 g/mol. The van der Waals surface area contributed by atoms with E-state index in [1.54, 1.807) is 34.6 Å². The van der Waals surface area contributed by atoms with Crippen molar-refractivity contribution in [1.29, 1.82) is 0 Å². The van der Waals surface area contributed by atoms with Gasteiger partial charge in [0.05, 0.1) is 6.61 Å². The third-order valence-electron chi connectivity index (χ3n) is 5.46. The Balaban J connectivity index is 1.95. The molecule has 0 heterocycles. The van der Waals surface area contributed by atoms with E-state index < -0.39 is 35.2 Å². The van der Waals surface area contributed by atoms with Gasteiger partial charge in [-0.25, -0.2) is 9.59 Å². The summed E-state index contributed by atoms with van der Waals surface area (Å²) in [5.41, 5.74) is 1.90. The fraction of sp³-hybridized carbons (Fsp3) is 0.423. The lowest BCUT2D eigenvalue weighted by Crippen LogP contribution is -2.61. The molecule has 0 saturated carbocycles. The Morgan fingerprint density at radius 2 is 1.48 bits per heavy atom. The van der Waals surface area contributed by atoms with E-state index in [-0.39, 0.29) is 19.4 Å². The minimum atomic E-state index is -1.32. The molecule has 2 N–H and O–H groups in total. The summed E-state index contributed by atoms with van der Waals surface area (Å²) in [5.74, 6) is -1.000. The summed E-state index contributed by atoms with van der Waals surface area (Å²) >= 11 is 0. The lowest BCUT2D eigenvalue weighted by molar-refractivity contribution is -0.153. The lowest BCUT2D eigenvalue weighted by atomic mass is 9.86. The highest BCUT2D eigenvalue weighted by Gasteiger charge is 2.45. The summed E-state index contributed by atoms with van der Waals surface area (Å²) in [4.78, 5) is 38.6. The van der Waals surface area contributed by atoms with Gasteiger partial charge in [-0.15, -0.1) is 0 Å². The first-order chi connectivity index (χ1) is 15.5. The predicted octanol–water partition coefficient (Wildman–Crippen LogP) is 3.78. The van der Waals surface area contributed by atoms with Crippen molar-refractivity contribution in [1.82, 2.24) is 10.6 Å². The number of hydrogen-bond acceptors (Lipinski definition) is 5. The third-order valence-corrected chi connectivity index (χ3v) is 5.46. The molecule has 0 bridgehead atoms. The van der Waals surface area contributed by atoms with Crippen LogP contribution in [0.25, 0.3) is 11.1 Å². The highest BCUT2D eigenvalue weighted by molar-refractivity contribution is 5.93. The van der Waals surface area contributed by atoms with Crippen molar-refractivity contribution in [2.24, 2.45) is 0 Å². The SMILES string of the molecule is CCOC(=O)C1(NC(=O)[C@H](C)NC(=O)OC(C)(C)C)Cc2ccccc2-c2ccccc2C1. The van der Waals surface area contributed by atoms with Gasteiger partial charge >= 0.3 is 12.1 Å². The van der Waals surface area contributed by atoms with Gasteiger partial charge in [0.15, 0.2) is 0 Å². The fourth-order valence-electron chi connectivity index (χ4n) is 4.03. The number of carbonyl (C=O) groups is 3. The Morgan fingerprint density at radius 1 is 0.970 bits per heavy atom. The largest absolute Gasteiger partial charge is 0.464 e. The molecule has 176 valence electrons. The maximum Gasteiger partial charge on any atom is 0.408 e. The number of amides is 2. The molecule has 1 aliphatic rings. The second-order valence-electron chi connectivity index (χ2n) is 9.33. The van der Waals surface area contributed by atoms with Crippen LogP contribution in [-0.2, 0) is 31.9 Å². The summed E-state index contributed by atoms with van der Waals surface area (Å²) in [5, 5.41) is 5.47. The molecule has 0 radical (unpaired) electrons. The first-order valence-corrected chi connectivity index (χ1v) is 11.2. The lowest BCUT2D eigenvalue weighted by Gasteiger charge is -2.33. The molecule has 0 unspecified atom stereocenters. The Bertz CT molecular complexity index is 993. The molecule has 2 aromatic carbocycles. The molecule has 7 nitrogen and oxygen atoms in total. The minimum Gasteiger partial charge on any atom is -0.464 e. The van der Waals surface area contributed by atoms with Gasteiger partial charge in [-0.3, -0.25) is 4.79 Å². The number of ether oxygens (including phenoxy) is 2. The summed E-state index contributed by atoms with van der Waals surface area (Å²) < 4.78 is 10.7. The van der Waals surface area contributed by atoms with Gasteiger partial charge in [-0.2, -0.15) is 0 Å². The summed E-state index contributed by atoms with van der Waals surface area (Å²) in [6.07, 6.45) is -0.171. The molecule has 0 saturated heterocycles. The van der Waals surface area contributed by atoms with Crippen molar-refractivity contribution in [3.05, 3.63) is 59.7 Å². The Labute approximate surface area is 194 Å². The molecule has 1 atom stereocenters. The van der Waals surface area contributed by atoms with Crippen molar-refractivity contribution in [2.75, 3.05) is 6.61 Å². The van der Waals surface area contributed by atoms with Crippen LogP contribution < -0.4 is 10.6 Å². The van der Waals surface area contributed by atoms with E-state index in [1.165, 1.54) is 0 Å². The second kappa shape index (κ2) is 9.65. The Morgan fingerprint density at radius 3 is 1.97 bits per heavy atom. The second-order valence-corrected chi connectivity index (χ2v) is 9.33. The zero-order valence-electron chi connectivity index (χ0n) is 19.9. The predicted molar refractivity (Wildman–Crippen MR) is 126 cm³/mol. The summed E-state index contributed by atoms with van der Waals surface area (Å²) in [6.45, 7) is 8.70. The highest BCUT2D eigenvalue weighted by Crippen LogP contribution is 2.36. The Hall–Kier alpha value is -3.35. The van der Waals surface area contributed by atoms with Gasteiger partial charge in [0, 0.05) is 12.8 Å². The molecule has 7 heteroatoms. The van der Waals surface area contributed by atoms with Crippen LogP contribution in [0.5, 0.6) is 0 Å². The molecule has 0 aromatic heterocycles. The summed E-state index contributed by atoms with van der Waals surface area (Å²) in [7, 11) is 0. The zero-order valence-corrected chi connectivity index (χ0v) is 19.9. The van der Waals surface area contributed by atoms with Gasteiger partial charge in [0.1, 0.15) is 17.2 Å². The van der Waals surface area contributed by atoms with E-state index in [1.807, 2.05) is 48.5 Å². The van der Waals surface area contributed by atoms with Crippen LogP contribution in [0.3, 0.4) is 0 Å². The molecule has 0 aliphatic heterocycles. The smallest absolute Gasteiger partial charge is 0.408 e. The maximum atomic E-state index is 13.3. The number of benzene rings is 2. The number of rotatable bonds is 5. The van der Waals surface area contributed by atoms with Crippen LogP contribution in [0.1, 0.15) is 45.7 Å². The van der Waals surface area contributed by atoms with E-state index >= 15 is 0 Å². The number of nitrogens with one attached hydrogen (secondary N) is 2. The quantitative estimate of drug-likeness (QED) is 0.674. The van der Waals surface area contributed by atoms with Crippen LogP contribution in [0.4, 0.5) is 4.79 Å².